The average molecular weight is 231 g/mol. The Morgan fingerprint density at radius 1 is 1.47 bits per heavy atom. The number of nitrogen functional groups attached to an aromatic ring is 1. The molecule has 0 aliphatic rings. The number of rotatable bonds is 3. The second-order valence-corrected chi connectivity index (χ2v) is 3.51. The van der Waals surface area contributed by atoms with Crippen LogP contribution in [-0.2, 0) is 6.42 Å². The average Bonchev–Trinajstić information content (AvgIpc) is 2.81. The van der Waals surface area contributed by atoms with Crippen LogP contribution in [0.15, 0.2) is 34.9 Å². The maximum Gasteiger partial charge on any atom is 0.292 e. The zero-order chi connectivity index (χ0) is 12.3. The molecule has 0 aliphatic heterocycles. The minimum Gasteiger partial charge on any atom is -0.456 e. The van der Waals surface area contributed by atoms with Gasteiger partial charge in [-0.15, -0.1) is 0 Å². The monoisotopic (exact) mass is 231 g/mol. The van der Waals surface area contributed by atoms with Gasteiger partial charge in [-0.2, -0.15) is 0 Å². The third-order valence-corrected chi connectivity index (χ3v) is 2.30. The molecule has 88 valence electrons. The van der Waals surface area contributed by atoms with Crippen LogP contribution in [0.3, 0.4) is 0 Å². The Bertz CT molecular complexity index is 534. The van der Waals surface area contributed by atoms with Gasteiger partial charge in [-0.25, -0.2) is 4.98 Å². The Labute approximate surface area is 98.6 Å². The number of nitrogens with two attached hydrogens (primary N) is 1. The highest BCUT2D eigenvalue weighted by atomic mass is 16.3. The smallest absolute Gasteiger partial charge is 0.292 e. The number of nitrogens with one attached hydrogen (secondary N) is 1. The summed E-state index contributed by atoms with van der Waals surface area (Å²) < 4.78 is 5.33. The number of pyridine rings is 1. The molecule has 0 radical (unpaired) electrons. The van der Waals surface area contributed by atoms with Crippen molar-refractivity contribution in [2.24, 2.45) is 0 Å². The first-order valence-electron chi connectivity index (χ1n) is 5.31. The zero-order valence-corrected chi connectivity index (χ0v) is 9.43. The van der Waals surface area contributed by atoms with Gasteiger partial charge in [0, 0.05) is 12.6 Å². The molecule has 3 N–H and O–H groups in total. The maximum atomic E-state index is 11.8. The fraction of sp³-hybridized carbons (Fsp3) is 0.167. The maximum absolute atomic E-state index is 11.8. The van der Waals surface area contributed by atoms with Crippen molar-refractivity contribution in [1.29, 1.82) is 0 Å². The van der Waals surface area contributed by atoms with Crippen LogP contribution >= 0.6 is 0 Å². The van der Waals surface area contributed by atoms with E-state index in [4.69, 9.17) is 10.2 Å². The molecule has 0 bridgehead atoms. The molecule has 17 heavy (non-hydrogen) atoms. The minimum atomic E-state index is -0.352. The van der Waals surface area contributed by atoms with E-state index >= 15 is 0 Å². The summed E-state index contributed by atoms with van der Waals surface area (Å²) in [6.45, 7) is 1.96. The van der Waals surface area contributed by atoms with Gasteiger partial charge in [-0.05, 0) is 24.3 Å². The molecule has 0 aromatic carbocycles. The summed E-state index contributed by atoms with van der Waals surface area (Å²) in [5, 5.41) is 2.60. The molecule has 0 spiro atoms. The number of hydrogen-bond acceptors (Lipinski definition) is 4. The first kappa shape index (κ1) is 11.2. The SMILES string of the molecule is CCc1ccc(C(=O)Nc2ncccc2N)o1. The lowest BCUT2D eigenvalue weighted by Gasteiger charge is -2.04. The number of furan rings is 1. The first-order valence-corrected chi connectivity index (χ1v) is 5.31. The summed E-state index contributed by atoms with van der Waals surface area (Å²) in [7, 11) is 0. The second-order valence-electron chi connectivity index (χ2n) is 3.51. The third kappa shape index (κ3) is 2.44. The van der Waals surface area contributed by atoms with E-state index in [1.165, 1.54) is 0 Å². The molecule has 0 unspecified atom stereocenters. The second kappa shape index (κ2) is 4.69. The van der Waals surface area contributed by atoms with E-state index < -0.39 is 0 Å². The lowest BCUT2D eigenvalue weighted by atomic mass is 10.3. The van der Waals surface area contributed by atoms with Crippen LogP contribution in [0.25, 0.3) is 0 Å². The molecule has 0 aliphatic carbocycles. The summed E-state index contributed by atoms with van der Waals surface area (Å²) in [4.78, 5) is 15.8. The number of aryl methyl sites for hydroxylation is 1. The summed E-state index contributed by atoms with van der Waals surface area (Å²) in [5.41, 5.74) is 6.09. The Kier molecular flexibility index (Phi) is 3.09. The van der Waals surface area contributed by atoms with Gasteiger partial charge in [0.05, 0.1) is 5.69 Å². The molecule has 0 saturated heterocycles. The van der Waals surface area contributed by atoms with Crippen LogP contribution in [0, 0.1) is 0 Å². The van der Waals surface area contributed by atoms with Gasteiger partial charge < -0.3 is 15.5 Å². The number of nitrogens with zero attached hydrogens (tertiary/aromatic N) is 1. The van der Waals surface area contributed by atoms with Gasteiger partial charge >= 0.3 is 0 Å². The number of hydrogen-bond donors (Lipinski definition) is 2. The zero-order valence-electron chi connectivity index (χ0n) is 9.43. The molecule has 2 aromatic rings. The van der Waals surface area contributed by atoms with Crippen molar-refractivity contribution in [3.8, 4) is 0 Å². The normalized spacial score (nSPS) is 10.2. The van der Waals surface area contributed by atoms with E-state index in [-0.39, 0.29) is 11.7 Å². The molecule has 0 atom stereocenters. The van der Waals surface area contributed by atoms with Crippen LogP contribution in [-0.4, -0.2) is 10.9 Å². The van der Waals surface area contributed by atoms with Crippen LogP contribution in [0.2, 0.25) is 0 Å². The predicted octanol–water partition coefficient (Wildman–Crippen LogP) is 2.07. The number of carbonyl (C=O) groups excluding carboxylic acids is 1. The van der Waals surface area contributed by atoms with Crippen molar-refractivity contribution in [2.45, 2.75) is 13.3 Å². The topological polar surface area (TPSA) is 81.2 Å². The van der Waals surface area contributed by atoms with E-state index in [9.17, 15) is 4.79 Å². The van der Waals surface area contributed by atoms with Gasteiger partial charge in [-0.1, -0.05) is 6.92 Å². The Balaban J connectivity index is 2.14. The molecule has 2 aromatic heterocycles. The van der Waals surface area contributed by atoms with Crippen molar-refractivity contribution in [3.63, 3.8) is 0 Å². The molecule has 0 saturated carbocycles. The Hall–Kier alpha value is -2.30. The van der Waals surface area contributed by atoms with Crippen molar-refractivity contribution in [3.05, 3.63) is 42.0 Å². The molecule has 5 heteroatoms. The van der Waals surface area contributed by atoms with Crippen LogP contribution < -0.4 is 11.1 Å². The largest absolute Gasteiger partial charge is 0.456 e. The third-order valence-electron chi connectivity index (χ3n) is 2.30. The van der Waals surface area contributed by atoms with E-state index in [0.29, 0.717) is 11.5 Å². The van der Waals surface area contributed by atoms with Gasteiger partial charge in [0.15, 0.2) is 11.6 Å². The van der Waals surface area contributed by atoms with E-state index in [0.717, 1.165) is 12.2 Å². The molecule has 0 fully saturated rings. The van der Waals surface area contributed by atoms with Crippen LogP contribution in [0.5, 0.6) is 0 Å². The van der Waals surface area contributed by atoms with E-state index in [1.54, 1.807) is 30.5 Å². The Morgan fingerprint density at radius 3 is 2.94 bits per heavy atom. The van der Waals surface area contributed by atoms with Crippen LogP contribution in [0.4, 0.5) is 11.5 Å². The lowest BCUT2D eigenvalue weighted by Crippen LogP contribution is -2.13. The first-order chi connectivity index (χ1) is 8.20. The fourth-order valence-electron chi connectivity index (χ4n) is 1.38. The molecular weight excluding hydrogens is 218 g/mol. The number of aromatic nitrogens is 1. The van der Waals surface area contributed by atoms with E-state index in [1.807, 2.05) is 6.92 Å². The Morgan fingerprint density at radius 2 is 2.29 bits per heavy atom. The summed E-state index contributed by atoms with van der Waals surface area (Å²) in [6.07, 6.45) is 2.31. The lowest BCUT2D eigenvalue weighted by molar-refractivity contribution is 0.0994. The van der Waals surface area contributed by atoms with Crippen molar-refractivity contribution >= 4 is 17.4 Å². The van der Waals surface area contributed by atoms with Crippen molar-refractivity contribution in [2.75, 3.05) is 11.1 Å². The fourth-order valence-corrected chi connectivity index (χ4v) is 1.38. The highest BCUT2D eigenvalue weighted by molar-refractivity contribution is 6.03. The number of anilines is 2. The van der Waals surface area contributed by atoms with Crippen LogP contribution in [0.1, 0.15) is 23.2 Å². The van der Waals surface area contributed by atoms with E-state index in [2.05, 4.69) is 10.3 Å². The van der Waals surface area contributed by atoms with Gasteiger partial charge in [0.25, 0.3) is 5.91 Å². The molecule has 5 nitrogen and oxygen atoms in total. The quantitative estimate of drug-likeness (QED) is 0.847. The van der Waals surface area contributed by atoms with Gasteiger partial charge in [0.1, 0.15) is 5.76 Å². The summed E-state index contributed by atoms with van der Waals surface area (Å²) >= 11 is 0. The highest BCUT2D eigenvalue weighted by Crippen LogP contribution is 2.15. The molecule has 1 amide bonds. The molecular formula is C12H13N3O2. The van der Waals surface area contributed by atoms with Crippen molar-refractivity contribution in [1.82, 2.24) is 4.98 Å². The summed E-state index contributed by atoms with van der Waals surface area (Å²) in [6, 6.07) is 6.78. The highest BCUT2D eigenvalue weighted by Gasteiger charge is 2.12. The molecule has 2 heterocycles. The summed E-state index contributed by atoms with van der Waals surface area (Å²) in [5.74, 6) is 1.01. The number of amides is 1. The van der Waals surface area contributed by atoms with Crippen molar-refractivity contribution < 1.29 is 9.21 Å². The van der Waals surface area contributed by atoms with Gasteiger partial charge in [-0.3, -0.25) is 4.79 Å². The number of carbonyl (C=O) groups is 1. The standard InChI is InChI=1S/C12H13N3O2/c1-2-8-5-6-10(17-8)12(16)15-11-9(13)4-3-7-14-11/h3-7H,2,13H2,1H3,(H,14,15,16). The minimum absolute atomic E-state index is 0.256. The van der Waals surface area contributed by atoms with Gasteiger partial charge in [0.2, 0.25) is 0 Å². The molecule has 2 rings (SSSR count). The predicted molar refractivity (Wildman–Crippen MR) is 64.7 cm³/mol.